The Morgan fingerprint density at radius 3 is 2.60 bits per heavy atom. The molecule has 2 fully saturated rings. The molecule has 222 valence electrons. The summed E-state index contributed by atoms with van der Waals surface area (Å²) in [4.78, 5) is 38.9. The highest BCUT2D eigenvalue weighted by Gasteiger charge is 2.52. The molecule has 2 unspecified atom stereocenters. The molecule has 7 rings (SSSR count). The van der Waals surface area contributed by atoms with Crippen molar-refractivity contribution in [2.24, 2.45) is 5.73 Å². The largest absolute Gasteiger partial charge is 0.476 e. The topological polar surface area (TPSA) is 156 Å². The van der Waals surface area contributed by atoms with Crippen molar-refractivity contribution in [3.05, 3.63) is 54.4 Å². The Labute approximate surface area is 250 Å². The van der Waals surface area contributed by atoms with Crippen LogP contribution in [0.5, 0.6) is 5.88 Å². The third-order valence-electron chi connectivity index (χ3n) is 7.90. The molecule has 2 aliphatic rings. The Kier molecular flexibility index (Phi) is 6.47. The maximum atomic E-state index is 12.4. The Bertz CT molecular complexity index is 1840. The SMILES string of the molecule is CC(C)(C)c1cc(NC(=O)Nc2ccc(-c3cn4c(n3)sc3nc(OCCN5CC6C5CN6C(N)=O)ccc34)cc2)no1. The van der Waals surface area contributed by atoms with E-state index in [4.69, 9.17) is 20.0 Å². The molecule has 5 aromatic rings. The molecule has 2 aliphatic heterocycles. The van der Waals surface area contributed by atoms with Gasteiger partial charge in [-0.15, -0.1) is 0 Å². The normalized spacial score (nSPS) is 18.3. The Hall–Kier alpha value is -4.69. The molecule has 14 heteroatoms. The van der Waals surface area contributed by atoms with Crippen LogP contribution < -0.4 is 21.1 Å². The van der Waals surface area contributed by atoms with Crippen LogP contribution in [0.2, 0.25) is 0 Å². The van der Waals surface area contributed by atoms with Crippen LogP contribution in [0.1, 0.15) is 26.5 Å². The quantitative estimate of drug-likeness (QED) is 0.248. The number of imidazole rings is 1. The lowest BCUT2D eigenvalue weighted by Crippen LogP contribution is -2.80. The zero-order valence-electron chi connectivity index (χ0n) is 23.9. The number of nitrogens with one attached hydrogen (secondary N) is 2. The lowest BCUT2D eigenvalue weighted by Gasteiger charge is -2.61. The van der Waals surface area contributed by atoms with E-state index in [1.807, 2.05) is 67.8 Å². The van der Waals surface area contributed by atoms with Crippen molar-refractivity contribution < 1.29 is 18.8 Å². The van der Waals surface area contributed by atoms with Gasteiger partial charge in [0.15, 0.2) is 10.8 Å². The van der Waals surface area contributed by atoms with Crippen molar-refractivity contribution in [3.63, 3.8) is 0 Å². The van der Waals surface area contributed by atoms with Crippen LogP contribution in [0.25, 0.3) is 26.6 Å². The fourth-order valence-corrected chi connectivity index (χ4v) is 6.37. The maximum absolute atomic E-state index is 12.4. The molecule has 2 atom stereocenters. The Balaban J connectivity index is 0.950. The number of thiazole rings is 1. The number of fused-ring (bicyclic) bond motifs is 4. The first-order chi connectivity index (χ1) is 20.6. The minimum Gasteiger partial charge on any atom is -0.476 e. The van der Waals surface area contributed by atoms with Crippen LogP contribution >= 0.6 is 11.3 Å². The number of carbonyl (C=O) groups excluding carboxylic acids is 2. The third-order valence-corrected chi connectivity index (χ3v) is 8.86. The van der Waals surface area contributed by atoms with Crippen LogP contribution in [0.3, 0.4) is 0 Å². The average Bonchev–Trinajstić information content (AvgIpc) is 3.66. The maximum Gasteiger partial charge on any atom is 0.324 e. The molecule has 0 radical (unpaired) electrons. The van der Waals surface area contributed by atoms with E-state index >= 15 is 0 Å². The van der Waals surface area contributed by atoms with Gasteiger partial charge >= 0.3 is 12.1 Å². The van der Waals surface area contributed by atoms with Crippen molar-refractivity contribution >= 4 is 50.2 Å². The molecule has 43 heavy (non-hydrogen) atoms. The summed E-state index contributed by atoms with van der Waals surface area (Å²) in [7, 11) is 0. The van der Waals surface area contributed by atoms with Gasteiger partial charge in [-0.2, -0.15) is 0 Å². The first-order valence-corrected chi connectivity index (χ1v) is 14.8. The van der Waals surface area contributed by atoms with Crippen LogP contribution in [0.15, 0.2) is 53.2 Å². The van der Waals surface area contributed by atoms with Crippen LogP contribution in [0, 0.1) is 0 Å². The molecular weight excluding hydrogens is 570 g/mol. The number of carbonyl (C=O) groups is 2. The van der Waals surface area contributed by atoms with E-state index in [0.717, 1.165) is 39.7 Å². The lowest BCUT2D eigenvalue weighted by atomic mass is 9.86. The molecule has 0 spiro atoms. The van der Waals surface area contributed by atoms with Crippen molar-refractivity contribution in [3.8, 4) is 17.1 Å². The standard InChI is InChI=1S/C29H31N9O4S/c1-29(2,3)22-12-23(35-42-22)33-27(40)31-17-6-4-16(5-7-17)18-13-38-19-8-9-24(34-25(19)43-28(38)32-18)41-11-10-36-14-21-20(36)15-37(21)26(30)39/h4-9,12-13,20-21H,10-11,14-15H2,1-3H3,(H2,30,39)(H2,31,33,35,40). The van der Waals surface area contributed by atoms with Crippen LogP contribution in [-0.4, -0.2) is 79.7 Å². The van der Waals surface area contributed by atoms with Gasteiger partial charge in [0, 0.05) is 60.7 Å². The zero-order chi connectivity index (χ0) is 29.9. The number of primary amides is 1. The average molecular weight is 602 g/mol. The number of rotatable bonds is 7. The number of anilines is 2. The molecule has 4 amide bonds. The van der Waals surface area contributed by atoms with Gasteiger partial charge in [0.2, 0.25) is 5.88 Å². The summed E-state index contributed by atoms with van der Waals surface area (Å²) in [6, 6.07) is 13.0. The predicted octanol–water partition coefficient (Wildman–Crippen LogP) is 4.37. The van der Waals surface area contributed by atoms with Gasteiger partial charge in [0.05, 0.1) is 17.3 Å². The number of hydrogen-bond acceptors (Lipinski definition) is 9. The van der Waals surface area contributed by atoms with Gasteiger partial charge in [0.1, 0.15) is 17.2 Å². The number of urea groups is 2. The highest BCUT2D eigenvalue weighted by molar-refractivity contribution is 7.23. The summed E-state index contributed by atoms with van der Waals surface area (Å²) in [5.41, 5.74) is 8.51. The molecule has 0 saturated carbocycles. The summed E-state index contributed by atoms with van der Waals surface area (Å²) in [6.07, 6.45) is 1.98. The van der Waals surface area contributed by atoms with E-state index < -0.39 is 6.03 Å². The molecule has 0 bridgehead atoms. The molecule has 0 aliphatic carbocycles. The number of pyridine rings is 1. The van der Waals surface area contributed by atoms with Gasteiger partial charge < -0.3 is 25.2 Å². The Morgan fingerprint density at radius 1 is 1.09 bits per heavy atom. The number of nitrogens with two attached hydrogens (primary N) is 1. The van der Waals surface area contributed by atoms with Gasteiger partial charge in [-0.05, 0) is 18.2 Å². The number of piperazine rings is 1. The summed E-state index contributed by atoms with van der Waals surface area (Å²) in [5, 5.41) is 9.42. The number of nitrogens with zero attached hydrogens (tertiary/aromatic N) is 6. The monoisotopic (exact) mass is 601 g/mol. The van der Waals surface area contributed by atoms with E-state index in [2.05, 4.69) is 25.7 Å². The first-order valence-electron chi connectivity index (χ1n) is 14.0. The van der Waals surface area contributed by atoms with Gasteiger partial charge in [0.25, 0.3) is 0 Å². The van der Waals surface area contributed by atoms with E-state index in [1.54, 1.807) is 11.0 Å². The second kappa shape index (κ2) is 10.2. The molecule has 6 heterocycles. The van der Waals surface area contributed by atoms with E-state index in [9.17, 15) is 9.59 Å². The molecule has 4 aromatic heterocycles. The number of aromatic nitrogens is 4. The third kappa shape index (κ3) is 5.12. The fourth-order valence-electron chi connectivity index (χ4n) is 5.40. The zero-order valence-corrected chi connectivity index (χ0v) is 24.7. The highest BCUT2D eigenvalue weighted by atomic mass is 32.1. The number of benzene rings is 1. The highest BCUT2D eigenvalue weighted by Crippen LogP contribution is 2.33. The second-order valence-electron chi connectivity index (χ2n) is 11.8. The smallest absolute Gasteiger partial charge is 0.324 e. The minimum absolute atomic E-state index is 0.200. The lowest BCUT2D eigenvalue weighted by molar-refractivity contribution is -0.0993. The second-order valence-corrected chi connectivity index (χ2v) is 12.8. The fraction of sp³-hybridized carbons (Fsp3) is 0.345. The molecule has 1 aromatic carbocycles. The molecule has 2 saturated heterocycles. The van der Waals surface area contributed by atoms with Crippen molar-refractivity contribution in [1.29, 1.82) is 0 Å². The number of amides is 4. The van der Waals surface area contributed by atoms with E-state index in [1.165, 1.54) is 11.3 Å². The molecule has 4 N–H and O–H groups in total. The van der Waals surface area contributed by atoms with Crippen molar-refractivity contribution in [2.45, 2.75) is 38.3 Å². The van der Waals surface area contributed by atoms with Crippen LogP contribution in [0.4, 0.5) is 21.1 Å². The molecule has 13 nitrogen and oxygen atoms in total. The van der Waals surface area contributed by atoms with Crippen molar-refractivity contribution in [2.75, 3.05) is 36.9 Å². The van der Waals surface area contributed by atoms with E-state index in [0.29, 0.717) is 42.3 Å². The van der Waals surface area contributed by atoms with E-state index in [-0.39, 0.29) is 17.5 Å². The number of hydrogen-bond donors (Lipinski definition) is 3. The summed E-state index contributed by atoms with van der Waals surface area (Å²) < 4.78 is 13.3. The summed E-state index contributed by atoms with van der Waals surface area (Å²) >= 11 is 1.50. The first kappa shape index (κ1) is 27.2. The van der Waals surface area contributed by atoms with Gasteiger partial charge in [-0.3, -0.25) is 14.6 Å². The minimum atomic E-state index is -0.407. The number of likely N-dealkylation sites (tertiary alicyclic amines) is 2. The Morgan fingerprint density at radius 2 is 1.91 bits per heavy atom. The van der Waals surface area contributed by atoms with Crippen molar-refractivity contribution in [1.82, 2.24) is 29.3 Å². The van der Waals surface area contributed by atoms with Crippen LogP contribution in [-0.2, 0) is 5.41 Å². The summed E-state index contributed by atoms with van der Waals surface area (Å²) in [6.45, 7) is 8.87. The number of ether oxygens (including phenoxy) is 1. The predicted molar refractivity (Wildman–Crippen MR) is 163 cm³/mol. The van der Waals surface area contributed by atoms with Gasteiger partial charge in [-0.25, -0.2) is 19.6 Å². The molecular formula is C29H31N9O4S. The summed E-state index contributed by atoms with van der Waals surface area (Å²) in [5.74, 6) is 1.62. The van der Waals surface area contributed by atoms with Gasteiger partial charge in [-0.1, -0.05) is 49.4 Å².